The molecule has 1 nitrogen and oxygen atoms in total. The summed E-state index contributed by atoms with van der Waals surface area (Å²) in [6.07, 6.45) is 0. The fourth-order valence-electron chi connectivity index (χ4n) is 11.6. The Morgan fingerprint density at radius 2 is 0.746 bits per heavy atom. The third-order valence-corrected chi connectivity index (χ3v) is 14.5. The number of anilines is 3. The van der Waals surface area contributed by atoms with Crippen molar-refractivity contribution in [2.24, 2.45) is 0 Å². The van der Waals surface area contributed by atoms with E-state index in [4.69, 9.17) is 0 Å². The number of hydrogen-bond acceptors (Lipinski definition) is 1. The molecule has 0 saturated carbocycles. The van der Waals surface area contributed by atoms with Crippen LogP contribution in [-0.4, -0.2) is 0 Å². The van der Waals surface area contributed by atoms with E-state index < -0.39 is 5.41 Å². The second-order valence-electron chi connectivity index (χ2n) is 18.0. The third-order valence-electron chi connectivity index (χ3n) is 14.5. The van der Waals surface area contributed by atoms with Crippen LogP contribution in [0, 0.1) is 0 Å². The summed E-state index contributed by atoms with van der Waals surface area (Å²) in [5.74, 6) is 0. The van der Waals surface area contributed by atoms with Gasteiger partial charge < -0.3 is 4.90 Å². The van der Waals surface area contributed by atoms with Gasteiger partial charge in [0.15, 0.2) is 0 Å². The molecule has 0 unspecified atom stereocenters. The minimum Gasteiger partial charge on any atom is -0.310 e. The molecule has 0 aromatic heterocycles. The van der Waals surface area contributed by atoms with E-state index in [1.54, 1.807) is 0 Å². The Kier molecular flexibility index (Phi) is 7.64. The molecule has 11 aromatic rings. The highest BCUT2D eigenvalue weighted by Gasteiger charge is 2.53. The molecule has 0 radical (unpaired) electrons. The van der Waals surface area contributed by atoms with Gasteiger partial charge in [0.2, 0.25) is 0 Å². The molecule has 2 aliphatic rings. The molecular formula is C62H43N. The molecule has 0 bridgehead atoms. The maximum atomic E-state index is 2.49. The molecule has 0 saturated heterocycles. The van der Waals surface area contributed by atoms with Gasteiger partial charge in [0.1, 0.15) is 0 Å². The van der Waals surface area contributed by atoms with E-state index in [1.165, 1.54) is 98.7 Å². The Labute approximate surface area is 368 Å². The lowest BCUT2D eigenvalue weighted by Crippen LogP contribution is -2.40. The zero-order valence-corrected chi connectivity index (χ0v) is 35.3. The van der Waals surface area contributed by atoms with E-state index in [2.05, 4.69) is 243 Å². The molecule has 2 aliphatic carbocycles. The van der Waals surface area contributed by atoms with Gasteiger partial charge in [-0.15, -0.1) is 0 Å². The van der Waals surface area contributed by atoms with Crippen molar-refractivity contribution in [1.29, 1.82) is 0 Å². The first kappa shape index (κ1) is 36.0. The highest BCUT2D eigenvalue weighted by atomic mass is 15.1. The van der Waals surface area contributed by atoms with Crippen LogP contribution < -0.4 is 4.90 Å². The van der Waals surface area contributed by atoms with Crippen molar-refractivity contribution < 1.29 is 0 Å². The zero-order valence-electron chi connectivity index (χ0n) is 35.3. The predicted molar refractivity (Wildman–Crippen MR) is 266 cm³/mol. The second-order valence-corrected chi connectivity index (χ2v) is 18.0. The van der Waals surface area contributed by atoms with Crippen LogP contribution in [0.5, 0.6) is 0 Å². The molecule has 63 heavy (non-hydrogen) atoms. The summed E-state index contributed by atoms with van der Waals surface area (Å²) in [5.41, 5.74) is 16.1. The monoisotopic (exact) mass is 801 g/mol. The van der Waals surface area contributed by atoms with Crippen LogP contribution in [-0.2, 0) is 10.8 Å². The SMILES string of the molecule is CC1(C)c2ccccc2C2(c3ccccc3-c3ccccc32)c2ccc(-c3ccc(N(c4ccc5ccccc5c4)c4ccc5c6ccccc6c6ccccc6c5c4)cc3)cc21. The summed E-state index contributed by atoms with van der Waals surface area (Å²) in [7, 11) is 0. The molecule has 0 N–H and O–H groups in total. The van der Waals surface area contributed by atoms with Crippen LogP contribution in [0.4, 0.5) is 17.1 Å². The van der Waals surface area contributed by atoms with E-state index in [9.17, 15) is 0 Å². The van der Waals surface area contributed by atoms with Crippen molar-refractivity contribution in [3.63, 3.8) is 0 Å². The second kappa shape index (κ2) is 13.4. The number of benzene rings is 11. The molecule has 1 spiro atoms. The van der Waals surface area contributed by atoms with Gasteiger partial charge in [-0.3, -0.25) is 0 Å². The van der Waals surface area contributed by atoms with E-state index >= 15 is 0 Å². The molecular weight excluding hydrogens is 759 g/mol. The quantitative estimate of drug-likeness (QED) is 0.160. The van der Waals surface area contributed by atoms with Crippen molar-refractivity contribution in [3.8, 4) is 22.3 Å². The number of nitrogens with zero attached hydrogens (tertiary/aromatic N) is 1. The average Bonchev–Trinajstić information content (AvgIpc) is 3.64. The van der Waals surface area contributed by atoms with Crippen LogP contribution in [0.1, 0.15) is 47.2 Å². The fraction of sp³-hybridized carbons (Fsp3) is 0.0645. The maximum absolute atomic E-state index is 2.49. The van der Waals surface area contributed by atoms with Gasteiger partial charge in [-0.05, 0) is 141 Å². The average molecular weight is 802 g/mol. The minimum atomic E-state index is -0.394. The first-order chi connectivity index (χ1) is 31.0. The molecule has 296 valence electrons. The number of fused-ring (bicyclic) bond motifs is 16. The van der Waals surface area contributed by atoms with Crippen LogP contribution in [0.15, 0.2) is 224 Å². The Morgan fingerprint density at radius 1 is 0.286 bits per heavy atom. The number of rotatable bonds is 4. The zero-order chi connectivity index (χ0) is 41.9. The van der Waals surface area contributed by atoms with Gasteiger partial charge >= 0.3 is 0 Å². The summed E-state index contributed by atoms with van der Waals surface area (Å²) in [4.78, 5) is 2.42. The topological polar surface area (TPSA) is 3.24 Å². The number of hydrogen-bond donors (Lipinski definition) is 0. The van der Waals surface area contributed by atoms with Crippen molar-refractivity contribution in [1.82, 2.24) is 0 Å². The summed E-state index contributed by atoms with van der Waals surface area (Å²) in [5, 5.41) is 10.1. The summed E-state index contributed by atoms with van der Waals surface area (Å²) >= 11 is 0. The first-order valence-corrected chi connectivity index (χ1v) is 22.2. The Balaban J connectivity index is 0.974. The van der Waals surface area contributed by atoms with Crippen LogP contribution >= 0.6 is 0 Å². The Bertz CT molecular complexity index is 3580. The predicted octanol–water partition coefficient (Wildman–Crippen LogP) is 16.4. The first-order valence-electron chi connectivity index (χ1n) is 22.2. The summed E-state index contributed by atoms with van der Waals surface area (Å²) < 4.78 is 0. The highest BCUT2D eigenvalue weighted by molar-refractivity contribution is 6.25. The summed E-state index contributed by atoms with van der Waals surface area (Å²) in [6.45, 7) is 4.82. The Morgan fingerprint density at radius 3 is 1.41 bits per heavy atom. The molecule has 0 aliphatic heterocycles. The van der Waals surface area contributed by atoms with E-state index in [0.717, 1.165) is 17.1 Å². The van der Waals surface area contributed by atoms with Crippen molar-refractivity contribution >= 4 is 60.2 Å². The van der Waals surface area contributed by atoms with Crippen molar-refractivity contribution in [2.45, 2.75) is 24.7 Å². The lowest BCUT2D eigenvalue weighted by Gasteiger charge is -2.46. The molecule has 11 aromatic carbocycles. The molecule has 1 heteroatoms. The van der Waals surface area contributed by atoms with Crippen molar-refractivity contribution in [3.05, 3.63) is 258 Å². The largest absolute Gasteiger partial charge is 0.310 e. The minimum absolute atomic E-state index is 0.210. The molecule has 13 rings (SSSR count). The van der Waals surface area contributed by atoms with Gasteiger partial charge in [-0.25, -0.2) is 0 Å². The van der Waals surface area contributed by atoms with Gasteiger partial charge in [0.05, 0.1) is 5.41 Å². The Hall–Kier alpha value is -7.74. The van der Waals surface area contributed by atoms with Crippen LogP contribution in [0.3, 0.4) is 0 Å². The van der Waals surface area contributed by atoms with Gasteiger partial charge in [-0.2, -0.15) is 0 Å². The van der Waals surface area contributed by atoms with Crippen LogP contribution in [0.2, 0.25) is 0 Å². The third kappa shape index (κ3) is 5.05. The lowest BCUT2D eigenvalue weighted by atomic mass is 9.55. The van der Waals surface area contributed by atoms with Crippen molar-refractivity contribution in [2.75, 3.05) is 4.90 Å². The lowest BCUT2D eigenvalue weighted by molar-refractivity contribution is 0.563. The summed E-state index contributed by atoms with van der Waals surface area (Å²) in [6, 6.07) is 84.0. The van der Waals surface area contributed by atoms with Crippen LogP contribution in [0.25, 0.3) is 65.3 Å². The standard InChI is InChI=1S/C62H43N/c1-61(2)57-25-13-14-26-58(57)62(55-23-11-9-21-52(55)53-22-10-12-24-56(53)62)59-36-30-43(38-60(59)61)41-27-31-44(32-28-41)63(45-33-29-40-15-3-4-16-42(40)37-45)46-34-35-51-49-19-6-5-17-47(49)48-18-7-8-20-50(48)54(51)39-46/h3-39H,1-2H3. The molecule has 0 atom stereocenters. The fourth-order valence-corrected chi connectivity index (χ4v) is 11.6. The normalized spacial score (nSPS) is 14.1. The molecule has 0 heterocycles. The van der Waals surface area contributed by atoms with Gasteiger partial charge in [-0.1, -0.05) is 196 Å². The molecule has 0 amide bonds. The smallest absolute Gasteiger partial charge is 0.0719 e. The van der Waals surface area contributed by atoms with E-state index in [0.29, 0.717) is 0 Å². The highest BCUT2D eigenvalue weighted by Crippen LogP contribution is 2.62. The van der Waals surface area contributed by atoms with Gasteiger partial charge in [0, 0.05) is 22.5 Å². The van der Waals surface area contributed by atoms with E-state index in [1.807, 2.05) is 0 Å². The van der Waals surface area contributed by atoms with E-state index in [-0.39, 0.29) is 5.41 Å². The molecule has 0 fully saturated rings. The van der Waals surface area contributed by atoms with Gasteiger partial charge in [0.25, 0.3) is 0 Å². The maximum Gasteiger partial charge on any atom is 0.0719 e.